The SMILES string of the molecule is CCCCCCCCCCCCc1ccccc1Oc1ccc(S(=O)(=O)O)c(S(=O)(=O)O)c1CCCCCCCCCCCC. The van der Waals surface area contributed by atoms with Crippen molar-refractivity contribution in [1.29, 1.82) is 0 Å². The molecule has 45 heavy (non-hydrogen) atoms. The molecular formula is C36H58O7S2. The Bertz CT molecular complexity index is 1320. The summed E-state index contributed by atoms with van der Waals surface area (Å²) in [6.07, 6.45) is 24.2. The maximum Gasteiger partial charge on any atom is 0.296 e. The molecule has 2 aromatic carbocycles. The Hall–Kier alpha value is -1.94. The van der Waals surface area contributed by atoms with Crippen molar-refractivity contribution >= 4 is 20.2 Å². The molecule has 0 aromatic heterocycles. The summed E-state index contributed by atoms with van der Waals surface area (Å²) in [6, 6.07) is 9.95. The van der Waals surface area contributed by atoms with Gasteiger partial charge in [0, 0.05) is 5.56 Å². The van der Waals surface area contributed by atoms with Gasteiger partial charge in [0.2, 0.25) is 0 Å². The van der Waals surface area contributed by atoms with E-state index < -0.39 is 30.0 Å². The molecule has 9 heteroatoms. The molecule has 0 atom stereocenters. The Morgan fingerprint density at radius 1 is 0.511 bits per heavy atom. The van der Waals surface area contributed by atoms with Gasteiger partial charge in [-0.25, -0.2) is 0 Å². The highest BCUT2D eigenvalue weighted by atomic mass is 32.2. The normalized spacial score (nSPS) is 12.1. The summed E-state index contributed by atoms with van der Waals surface area (Å²) in [5.41, 5.74) is 1.05. The monoisotopic (exact) mass is 666 g/mol. The Balaban J connectivity index is 2.10. The Labute approximate surface area is 274 Å². The standard InChI is InChI=1S/C36H58O7S2/c1-3-5-7-9-11-13-15-17-19-21-25-31-26-23-24-28-33(31)43-34-29-30-35(44(37,38)39)36(45(40,41)42)32(34)27-22-20-18-16-14-12-10-8-6-4-2/h23-24,26,28-30H,3-22,25,27H2,1-2H3,(H,37,38,39)(H,40,41,42). The third-order valence-electron chi connectivity index (χ3n) is 8.49. The molecule has 0 radical (unpaired) electrons. The van der Waals surface area contributed by atoms with E-state index in [1.54, 1.807) is 0 Å². The first-order valence-corrected chi connectivity index (χ1v) is 20.3. The van der Waals surface area contributed by atoms with E-state index in [-0.39, 0.29) is 17.7 Å². The summed E-state index contributed by atoms with van der Waals surface area (Å²) < 4.78 is 75.5. The van der Waals surface area contributed by atoms with Crippen molar-refractivity contribution in [2.24, 2.45) is 0 Å². The van der Waals surface area contributed by atoms with Gasteiger partial charge in [0.1, 0.15) is 21.3 Å². The number of rotatable bonds is 26. The average molecular weight is 667 g/mol. The molecule has 0 unspecified atom stereocenters. The van der Waals surface area contributed by atoms with Crippen molar-refractivity contribution in [2.45, 2.75) is 165 Å². The van der Waals surface area contributed by atoms with Gasteiger partial charge in [-0.15, -0.1) is 0 Å². The van der Waals surface area contributed by atoms with Crippen LogP contribution in [0.2, 0.25) is 0 Å². The molecule has 0 heterocycles. The molecule has 2 aromatic rings. The van der Waals surface area contributed by atoms with Crippen LogP contribution in [0.5, 0.6) is 11.5 Å². The van der Waals surface area contributed by atoms with Gasteiger partial charge in [0.05, 0.1) is 0 Å². The molecule has 0 saturated carbocycles. The van der Waals surface area contributed by atoms with Crippen molar-refractivity contribution in [3.05, 3.63) is 47.5 Å². The summed E-state index contributed by atoms with van der Waals surface area (Å²) in [5, 5.41) is 0. The summed E-state index contributed by atoms with van der Waals surface area (Å²) >= 11 is 0. The van der Waals surface area contributed by atoms with Crippen LogP contribution in [0.15, 0.2) is 46.2 Å². The third kappa shape index (κ3) is 15.5. The number of hydrogen-bond donors (Lipinski definition) is 2. The van der Waals surface area contributed by atoms with Crippen LogP contribution in [0.1, 0.15) is 153 Å². The summed E-state index contributed by atoms with van der Waals surface area (Å²) in [5.74, 6) is 0.736. The molecule has 256 valence electrons. The molecule has 7 nitrogen and oxygen atoms in total. The minimum atomic E-state index is -4.99. The summed E-state index contributed by atoms with van der Waals surface area (Å²) in [6.45, 7) is 4.44. The van der Waals surface area contributed by atoms with E-state index in [2.05, 4.69) is 13.8 Å². The number of aryl methyl sites for hydroxylation is 1. The lowest BCUT2D eigenvalue weighted by molar-refractivity contribution is 0.448. The zero-order valence-electron chi connectivity index (χ0n) is 27.8. The third-order valence-corrected chi connectivity index (χ3v) is 10.5. The fourth-order valence-electron chi connectivity index (χ4n) is 5.93. The van der Waals surface area contributed by atoms with Gasteiger partial charge in [-0.05, 0) is 49.4 Å². The van der Waals surface area contributed by atoms with Crippen LogP contribution in [-0.2, 0) is 33.1 Å². The van der Waals surface area contributed by atoms with E-state index >= 15 is 0 Å². The van der Waals surface area contributed by atoms with Crippen molar-refractivity contribution in [3.8, 4) is 11.5 Å². The Kier molecular flexibility index (Phi) is 19.0. The Morgan fingerprint density at radius 2 is 0.956 bits per heavy atom. The van der Waals surface area contributed by atoms with Crippen LogP contribution in [0.25, 0.3) is 0 Å². The molecular weight excluding hydrogens is 609 g/mol. The molecule has 2 rings (SSSR count). The predicted molar refractivity (Wildman–Crippen MR) is 184 cm³/mol. The lowest BCUT2D eigenvalue weighted by Gasteiger charge is -2.18. The molecule has 0 aliphatic heterocycles. The van der Waals surface area contributed by atoms with E-state index in [0.29, 0.717) is 12.2 Å². The van der Waals surface area contributed by atoms with Crippen LogP contribution in [0.3, 0.4) is 0 Å². The van der Waals surface area contributed by atoms with Crippen LogP contribution in [-0.4, -0.2) is 25.9 Å². The van der Waals surface area contributed by atoms with Gasteiger partial charge in [0.25, 0.3) is 20.2 Å². The van der Waals surface area contributed by atoms with Gasteiger partial charge in [-0.3, -0.25) is 9.11 Å². The minimum Gasteiger partial charge on any atom is -0.457 e. The van der Waals surface area contributed by atoms with Crippen LogP contribution < -0.4 is 4.74 Å². The van der Waals surface area contributed by atoms with E-state index in [0.717, 1.165) is 56.6 Å². The van der Waals surface area contributed by atoms with E-state index in [9.17, 15) is 25.9 Å². The van der Waals surface area contributed by atoms with Crippen LogP contribution in [0.4, 0.5) is 0 Å². The van der Waals surface area contributed by atoms with Gasteiger partial charge in [0.15, 0.2) is 0 Å². The second-order valence-electron chi connectivity index (χ2n) is 12.4. The summed E-state index contributed by atoms with van der Waals surface area (Å²) in [7, 11) is -9.90. The molecule has 0 spiro atoms. The van der Waals surface area contributed by atoms with Crippen molar-refractivity contribution in [2.75, 3.05) is 0 Å². The average Bonchev–Trinajstić information content (AvgIpc) is 2.99. The van der Waals surface area contributed by atoms with Gasteiger partial charge < -0.3 is 4.74 Å². The largest absolute Gasteiger partial charge is 0.457 e. The fraction of sp³-hybridized carbons (Fsp3) is 0.667. The van der Waals surface area contributed by atoms with E-state index in [1.807, 2.05) is 24.3 Å². The van der Waals surface area contributed by atoms with Crippen molar-refractivity contribution < 1.29 is 30.7 Å². The fourth-order valence-corrected chi connectivity index (χ4v) is 7.99. The first-order valence-electron chi connectivity index (χ1n) is 17.5. The second-order valence-corrected chi connectivity index (χ2v) is 15.1. The predicted octanol–water partition coefficient (Wildman–Crippen LogP) is 10.9. The Morgan fingerprint density at radius 3 is 1.42 bits per heavy atom. The second kappa shape index (κ2) is 21.8. The first kappa shape index (κ1) is 39.2. The van der Waals surface area contributed by atoms with Gasteiger partial charge >= 0.3 is 0 Å². The molecule has 0 amide bonds. The van der Waals surface area contributed by atoms with Crippen LogP contribution >= 0.6 is 0 Å². The zero-order valence-corrected chi connectivity index (χ0v) is 29.4. The molecule has 0 aliphatic carbocycles. The van der Waals surface area contributed by atoms with Crippen molar-refractivity contribution in [1.82, 2.24) is 0 Å². The molecule has 0 saturated heterocycles. The topological polar surface area (TPSA) is 118 Å². The molecule has 0 bridgehead atoms. The highest BCUT2D eigenvalue weighted by Gasteiger charge is 2.30. The van der Waals surface area contributed by atoms with E-state index in [4.69, 9.17) is 4.74 Å². The number of hydrogen-bond acceptors (Lipinski definition) is 5. The zero-order chi connectivity index (χ0) is 33.0. The lowest BCUT2D eigenvalue weighted by atomic mass is 10.0. The summed E-state index contributed by atoms with van der Waals surface area (Å²) in [4.78, 5) is -1.64. The smallest absolute Gasteiger partial charge is 0.296 e. The first-order chi connectivity index (χ1) is 21.6. The van der Waals surface area contributed by atoms with Crippen molar-refractivity contribution in [3.63, 3.8) is 0 Å². The van der Waals surface area contributed by atoms with Gasteiger partial charge in [-0.2, -0.15) is 16.8 Å². The molecule has 0 fully saturated rings. The maximum absolute atomic E-state index is 12.5. The highest BCUT2D eigenvalue weighted by molar-refractivity contribution is 7.89. The van der Waals surface area contributed by atoms with Crippen LogP contribution in [0, 0.1) is 0 Å². The molecule has 2 N–H and O–H groups in total. The van der Waals surface area contributed by atoms with E-state index in [1.165, 1.54) is 89.5 Å². The quantitative estimate of drug-likeness (QED) is 0.0757. The number of benzene rings is 2. The highest BCUT2D eigenvalue weighted by Crippen LogP contribution is 2.37. The minimum absolute atomic E-state index is 0.0703. The number of ether oxygens (including phenoxy) is 1. The van der Waals surface area contributed by atoms with Gasteiger partial charge in [-0.1, -0.05) is 148 Å². The number of unbranched alkanes of at least 4 members (excludes halogenated alkanes) is 18. The number of para-hydroxylation sites is 1. The maximum atomic E-state index is 12.5. The lowest BCUT2D eigenvalue weighted by Crippen LogP contribution is -2.13. The molecule has 0 aliphatic rings.